The molecule has 1 aliphatic rings. The predicted octanol–water partition coefficient (Wildman–Crippen LogP) is 6.56. The molecule has 1 aliphatic carbocycles. The van der Waals surface area contributed by atoms with E-state index in [1.165, 1.54) is 12.1 Å². The van der Waals surface area contributed by atoms with Crippen LogP contribution in [0, 0.1) is 0 Å². The molecule has 1 aromatic heterocycles. The molecule has 30 heavy (non-hydrogen) atoms. The van der Waals surface area contributed by atoms with Gasteiger partial charge < -0.3 is 15.0 Å². The number of methoxy groups -OCH3 is 1. The van der Waals surface area contributed by atoms with Crippen molar-refractivity contribution in [2.24, 2.45) is 0 Å². The highest BCUT2D eigenvalue weighted by Gasteiger charge is 2.41. The van der Waals surface area contributed by atoms with Crippen LogP contribution >= 0.6 is 0 Å². The quantitative estimate of drug-likeness (QED) is 0.515. The van der Waals surface area contributed by atoms with Gasteiger partial charge in [-0.2, -0.15) is 0 Å². The molecule has 1 heterocycles. The number of fused-ring (bicyclic) bond motifs is 1. The number of carbonyl (C=O) groups is 1. The van der Waals surface area contributed by atoms with Crippen LogP contribution < -0.4 is 10.1 Å². The van der Waals surface area contributed by atoms with Crippen molar-refractivity contribution in [3.63, 3.8) is 0 Å². The summed E-state index contributed by atoms with van der Waals surface area (Å²) in [5, 5.41) is 4.36. The topological polar surface area (TPSA) is 54.1 Å². The molecule has 0 radical (unpaired) electrons. The maximum atomic E-state index is 13.6. The van der Waals surface area contributed by atoms with E-state index >= 15 is 0 Å². The van der Waals surface area contributed by atoms with Crippen LogP contribution in [0.25, 0.3) is 10.9 Å². The Balaban J connectivity index is 0.00000272. The van der Waals surface area contributed by atoms with Crippen molar-refractivity contribution >= 4 is 22.5 Å². The third-order valence-corrected chi connectivity index (χ3v) is 6.47. The summed E-state index contributed by atoms with van der Waals surface area (Å²) in [6.07, 6.45) is 5.10. The average Bonchev–Trinajstić information content (AvgIpc) is 3.18. The Hall–Kier alpha value is -2.75. The minimum atomic E-state index is -0.478. The van der Waals surface area contributed by atoms with Gasteiger partial charge in [-0.25, -0.2) is 0 Å². The molecule has 1 saturated carbocycles. The molecule has 0 bridgehead atoms. The fourth-order valence-corrected chi connectivity index (χ4v) is 4.58. The molecule has 0 saturated heterocycles. The number of nitrogens with one attached hydrogen (secondary N) is 2. The third kappa shape index (κ3) is 3.83. The first-order chi connectivity index (χ1) is 14.3. The van der Waals surface area contributed by atoms with Crippen molar-refractivity contribution in [2.45, 2.75) is 63.7 Å². The highest BCUT2D eigenvalue weighted by Crippen LogP contribution is 2.41. The summed E-state index contributed by atoms with van der Waals surface area (Å²) in [5.74, 6) is 0.913. The molecular formula is C26H34N2O2. The van der Waals surface area contributed by atoms with Gasteiger partial charge in [0.15, 0.2) is 0 Å². The molecule has 3 aromatic rings. The van der Waals surface area contributed by atoms with Crippen LogP contribution in [0.4, 0.5) is 5.69 Å². The summed E-state index contributed by atoms with van der Waals surface area (Å²) in [6.45, 7) is 6.59. The molecule has 4 rings (SSSR count). The van der Waals surface area contributed by atoms with E-state index in [9.17, 15) is 4.79 Å². The molecule has 2 aromatic carbocycles. The van der Waals surface area contributed by atoms with E-state index in [0.717, 1.165) is 53.6 Å². The summed E-state index contributed by atoms with van der Waals surface area (Å²) < 4.78 is 5.31. The molecular weight excluding hydrogens is 372 g/mol. The largest absolute Gasteiger partial charge is 0.497 e. The Labute approximate surface area is 180 Å². The average molecular weight is 407 g/mol. The van der Waals surface area contributed by atoms with Gasteiger partial charge in [0.05, 0.1) is 12.5 Å². The summed E-state index contributed by atoms with van der Waals surface area (Å²) in [6, 6.07) is 16.3. The van der Waals surface area contributed by atoms with Crippen LogP contribution in [0.5, 0.6) is 5.75 Å². The number of aromatic amines is 1. The van der Waals surface area contributed by atoms with Gasteiger partial charge in [0, 0.05) is 29.1 Å². The molecule has 160 valence electrons. The Morgan fingerprint density at radius 1 is 1.03 bits per heavy atom. The fraction of sp³-hybridized carbons (Fsp3) is 0.423. The van der Waals surface area contributed by atoms with Crippen molar-refractivity contribution < 1.29 is 11.0 Å². The molecule has 0 unspecified atom stereocenters. The van der Waals surface area contributed by atoms with E-state index in [0.29, 0.717) is 0 Å². The maximum absolute atomic E-state index is 13.6. The number of carbonyl (C=O) groups excluding carboxylic acids is 1. The van der Waals surface area contributed by atoms with Gasteiger partial charge in [-0.3, -0.25) is 4.79 Å². The van der Waals surface area contributed by atoms with Crippen molar-refractivity contribution in [1.82, 2.24) is 4.98 Å². The Kier molecular flexibility index (Phi) is 5.35. The second-order valence-electron chi connectivity index (χ2n) is 9.56. The molecule has 1 amide bonds. The van der Waals surface area contributed by atoms with Crippen molar-refractivity contribution in [3.05, 3.63) is 59.8 Å². The standard InChI is InChI=1S/C26H32N2O2.H2/c1-25(2,3)23-17-18-16-20(10-13-22(18)28-23)27-24(29)26(14-6-5-7-15-26)19-8-11-21(30-4)12-9-19;/h8-13,16-17,28H,5-7,14-15H2,1-4H3,(H,27,29);1H. The Bertz CT molecular complexity index is 1040. The van der Waals surface area contributed by atoms with Crippen LogP contribution in [-0.4, -0.2) is 18.0 Å². The molecule has 0 spiro atoms. The number of rotatable bonds is 4. The molecule has 4 nitrogen and oxygen atoms in total. The lowest BCUT2D eigenvalue weighted by atomic mass is 9.68. The van der Waals surface area contributed by atoms with Gasteiger partial charge in [0.2, 0.25) is 5.91 Å². The van der Waals surface area contributed by atoms with Crippen LogP contribution in [0.1, 0.15) is 65.6 Å². The number of benzene rings is 2. The molecule has 2 N–H and O–H groups in total. The SMILES string of the molecule is COc1ccc(C2(C(=O)Nc3ccc4[nH]c(C(C)(C)C)cc4c3)CCCCC2)cc1.[HH]. The Morgan fingerprint density at radius 2 is 1.73 bits per heavy atom. The Morgan fingerprint density at radius 3 is 2.37 bits per heavy atom. The highest BCUT2D eigenvalue weighted by molar-refractivity contribution is 6.00. The minimum absolute atomic E-state index is 0. The maximum Gasteiger partial charge on any atom is 0.235 e. The van der Waals surface area contributed by atoms with Gasteiger partial charge in [0.25, 0.3) is 0 Å². The molecule has 0 aliphatic heterocycles. The minimum Gasteiger partial charge on any atom is -0.497 e. The van der Waals surface area contributed by atoms with Crippen molar-refractivity contribution in [2.75, 3.05) is 12.4 Å². The van der Waals surface area contributed by atoms with Crippen molar-refractivity contribution in [1.29, 1.82) is 0 Å². The molecule has 0 atom stereocenters. The van der Waals surface area contributed by atoms with Gasteiger partial charge >= 0.3 is 0 Å². The lowest BCUT2D eigenvalue weighted by Gasteiger charge is -2.36. The lowest BCUT2D eigenvalue weighted by Crippen LogP contribution is -2.42. The zero-order valence-electron chi connectivity index (χ0n) is 18.5. The van der Waals surface area contributed by atoms with E-state index < -0.39 is 5.41 Å². The van der Waals surface area contributed by atoms with Gasteiger partial charge in [-0.05, 0) is 54.8 Å². The summed E-state index contributed by atoms with van der Waals surface area (Å²) in [5.41, 5.74) is 3.81. The second kappa shape index (κ2) is 7.82. The lowest BCUT2D eigenvalue weighted by molar-refractivity contribution is -0.122. The number of anilines is 1. The zero-order valence-corrected chi connectivity index (χ0v) is 18.5. The summed E-state index contributed by atoms with van der Waals surface area (Å²) in [4.78, 5) is 17.1. The third-order valence-electron chi connectivity index (χ3n) is 6.47. The highest BCUT2D eigenvalue weighted by atomic mass is 16.5. The first-order valence-corrected chi connectivity index (χ1v) is 10.9. The summed E-state index contributed by atoms with van der Waals surface area (Å²) in [7, 11) is 1.67. The number of H-pyrrole nitrogens is 1. The molecule has 4 heteroatoms. The van der Waals surface area contributed by atoms with Crippen LogP contribution in [0.3, 0.4) is 0 Å². The first-order valence-electron chi connectivity index (χ1n) is 10.9. The van der Waals surface area contributed by atoms with Crippen LogP contribution in [0.2, 0.25) is 0 Å². The number of ether oxygens (including phenoxy) is 1. The summed E-state index contributed by atoms with van der Waals surface area (Å²) >= 11 is 0. The van der Waals surface area contributed by atoms with E-state index in [2.05, 4.69) is 61.4 Å². The van der Waals surface area contributed by atoms with E-state index in [-0.39, 0.29) is 12.7 Å². The van der Waals surface area contributed by atoms with E-state index in [1.807, 2.05) is 18.2 Å². The number of hydrogen-bond acceptors (Lipinski definition) is 2. The number of hydrogen-bond donors (Lipinski definition) is 2. The molecule has 1 fully saturated rings. The monoisotopic (exact) mass is 406 g/mol. The van der Waals surface area contributed by atoms with E-state index in [1.54, 1.807) is 7.11 Å². The van der Waals surface area contributed by atoms with E-state index in [4.69, 9.17) is 4.74 Å². The van der Waals surface area contributed by atoms with Gasteiger partial charge in [-0.15, -0.1) is 0 Å². The zero-order chi connectivity index (χ0) is 21.4. The number of aromatic nitrogens is 1. The second-order valence-corrected chi connectivity index (χ2v) is 9.56. The van der Waals surface area contributed by atoms with Crippen molar-refractivity contribution in [3.8, 4) is 5.75 Å². The van der Waals surface area contributed by atoms with Gasteiger partial charge in [0.1, 0.15) is 5.75 Å². The van der Waals surface area contributed by atoms with Gasteiger partial charge in [-0.1, -0.05) is 52.2 Å². The van der Waals surface area contributed by atoms with Crippen LogP contribution in [-0.2, 0) is 15.6 Å². The smallest absolute Gasteiger partial charge is 0.235 e. The predicted molar refractivity (Wildman–Crippen MR) is 125 cm³/mol. The normalized spacial score (nSPS) is 16.4. The number of amides is 1. The fourth-order valence-electron chi connectivity index (χ4n) is 4.58. The first kappa shape index (κ1) is 20.5. The van der Waals surface area contributed by atoms with Crippen LogP contribution in [0.15, 0.2) is 48.5 Å².